The van der Waals surface area contributed by atoms with Crippen molar-refractivity contribution in [3.8, 4) is 0 Å². The lowest BCUT2D eigenvalue weighted by Gasteiger charge is -2.37. The number of nitrogens with zero attached hydrogens (tertiary/aromatic N) is 1. The van der Waals surface area contributed by atoms with E-state index in [1.165, 1.54) is 18.6 Å². The topological polar surface area (TPSA) is 27.3 Å². The van der Waals surface area contributed by atoms with Gasteiger partial charge in [0.05, 0.1) is 5.56 Å². The van der Waals surface area contributed by atoms with Gasteiger partial charge in [0.25, 0.3) is 0 Å². The first-order valence-corrected chi connectivity index (χ1v) is 8.09. The summed E-state index contributed by atoms with van der Waals surface area (Å²) >= 11 is 5.30. The van der Waals surface area contributed by atoms with E-state index in [0.717, 1.165) is 31.4 Å². The van der Waals surface area contributed by atoms with E-state index in [4.69, 9.17) is 12.2 Å². The minimum atomic E-state index is -4.32. The number of hydrogen-bond donors (Lipinski definition) is 2. The fourth-order valence-corrected chi connectivity index (χ4v) is 3.25. The van der Waals surface area contributed by atoms with Crippen molar-refractivity contribution in [3.63, 3.8) is 0 Å². The van der Waals surface area contributed by atoms with Crippen molar-refractivity contribution in [2.45, 2.75) is 43.9 Å². The molecule has 3 nitrogen and oxygen atoms in total. The van der Waals surface area contributed by atoms with Gasteiger partial charge in [-0.25, -0.2) is 0 Å². The largest absolute Gasteiger partial charge is 0.416 e. The van der Waals surface area contributed by atoms with Gasteiger partial charge in [0.2, 0.25) is 0 Å². The molecule has 2 N–H and O–H groups in total. The number of halogens is 3. The minimum absolute atomic E-state index is 0.258. The SMILES string of the molecule is CN(C)[C@@H]1CCCC[C@H]1NC(=S)Nc1ccc(C(F)(F)F)cc1. The van der Waals surface area contributed by atoms with Crippen molar-refractivity contribution < 1.29 is 13.2 Å². The lowest BCUT2D eigenvalue weighted by atomic mass is 9.90. The number of likely N-dealkylation sites (N-methyl/N-ethyl adjacent to an activating group) is 1. The number of thiocarbonyl (C=S) groups is 1. The summed E-state index contributed by atoms with van der Waals surface area (Å²) in [4.78, 5) is 2.19. The van der Waals surface area contributed by atoms with E-state index in [0.29, 0.717) is 16.8 Å². The maximum atomic E-state index is 12.5. The van der Waals surface area contributed by atoms with Gasteiger partial charge in [-0.2, -0.15) is 13.2 Å². The van der Waals surface area contributed by atoms with Crippen LogP contribution in [-0.4, -0.2) is 36.2 Å². The van der Waals surface area contributed by atoms with Crippen LogP contribution in [0.25, 0.3) is 0 Å². The average molecular weight is 345 g/mol. The molecule has 1 aliphatic rings. The summed E-state index contributed by atoms with van der Waals surface area (Å²) in [6, 6.07) is 5.55. The van der Waals surface area contributed by atoms with E-state index >= 15 is 0 Å². The highest BCUT2D eigenvalue weighted by atomic mass is 32.1. The van der Waals surface area contributed by atoms with Crippen LogP contribution in [0.2, 0.25) is 0 Å². The molecule has 1 fully saturated rings. The van der Waals surface area contributed by atoms with E-state index < -0.39 is 11.7 Å². The summed E-state index contributed by atoms with van der Waals surface area (Å²) < 4.78 is 37.6. The van der Waals surface area contributed by atoms with Gasteiger partial charge in [-0.15, -0.1) is 0 Å². The first kappa shape index (κ1) is 18.0. The summed E-state index contributed by atoms with van der Waals surface area (Å²) in [5.41, 5.74) is -0.116. The third-order valence-electron chi connectivity index (χ3n) is 4.18. The van der Waals surface area contributed by atoms with Gasteiger partial charge in [-0.1, -0.05) is 12.8 Å². The molecule has 128 valence electrons. The highest BCUT2D eigenvalue weighted by molar-refractivity contribution is 7.80. The number of nitrogens with one attached hydrogen (secondary N) is 2. The average Bonchev–Trinajstić information content (AvgIpc) is 2.47. The summed E-state index contributed by atoms with van der Waals surface area (Å²) in [7, 11) is 4.11. The number of anilines is 1. The van der Waals surface area contributed by atoms with E-state index in [9.17, 15) is 13.2 Å². The van der Waals surface area contributed by atoms with Gasteiger partial charge in [-0.05, 0) is 63.4 Å². The molecule has 23 heavy (non-hydrogen) atoms. The lowest BCUT2D eigenvalue weighted by Crippen LogP contribution is -2.52. The first-order valence-electron chi connectivity index (χ1n) is 7.68. The normalized spacial score (nSPS) is 22.0. The molecule has 1 aliphatic carbocycles. The molecule has 0 spiro atoms. The molecule has 0 bridgehead atoms. The Balaban J connectivity index is 1.93. The van der Waals surface area contributed by atoms with Crippen molar-refractivity contribution in [3.05, 3.63) is 29.8 Å². The molecule has 0 aliphatic heterocycles. The predicted octanol–water partition coefficient (Wildman–Crippen LogP) is 3.86. The van der Waals surface area contributed by atoms with Crippen LogP contribution >= 0.6 is 12.2 Å². The van der Waals surface area contributed by atoms with E-state index in [2.05, 4.69) is 29.6 Å². The predicted molar refractivity (Wildman–Crippen MR) is 90.5 cm³/mol. The van der Waals surface area contributed by atoms with Crippen LogP contribution in [0, 0.1) is 0 Å². The zero-order valence-corrected chi connectivity index (χ0v) is 14.1. The molecular weight excluding hydrogens is 323 g/mol. The van der Waals surface area contributed by atoms with Crippen LogP contribution in [0.3, 0.4) is 0 Å². The van der Waals surface area contributed by atoms with E-state index in [-0.39, 0.29) is 6.04 Å². The summed E-state index contributed by atoms with van der Waals surface area (Å²) in [6.07, 6.45) is 0.203. The highest BCUT2D eigenvalue weighted by Gasteiger charge is 2.30. The molecule has 1 saturated carbocycles. The molecule has 0 aromatic heterocycles. The Morgan fingerprint density at radius 2 is 1.74 bits per heavy atom. The quantitative estimate of drug-likeness (QED) is 0.814. The summed E-state index contributed by atoms with van der Waals surface area (Å²) in [5.74, 6) is 0. The molecule has 1 aromatic carbocycles. The molecule has 0 heterocycles. The van der Waals surface area contributed by atoms with Crippen LogP contribution in [-0.2, 0) is 6.18 Å². The van der Waals surface area contributed by atoms with Crippen LogP contribution in [0.15, 0.2) is 24.3 Å². The molecule has 0 radical (unpaired) electrons. The molecule has 0 unspecified atom stereocenters. The van der Waals surface area contributed by atoms with Gasteiger partial charge >= 0.3 is 6.18 Å². The first-order chi connectivity index (χ1) is 10.8. The molecular formula is C16H22F3N3S. The van der Waals surface area contributed by atoms with Gasteiger partial charge in [-0.3, -0.25) is 0 Å². The summed E-state index contributed by atoms with van der Waals surface area (Å²) in [5, 5.41) is 6.71. The van der Waals surface area contributed by atoms with Crippen LogP contribution in [0.1, 0.15) is 31.2 Å². The standard InChI is InChI=1S/C16H22F3N3S/c1-22(2)14-6-4-3-5-13(14)21-15(23)20-12-9-7-11(8-10-12)16(17,18)19/h7-10,13-14H,3-6H2,1-2H3,(H2,20,21,23)/t13-,14-/m1/s1. The van der Waals surface area contributed by atoms with Gasteiger partial charge in [0, 0.05) is 17.8 Å². The summed E-state index contributed by atoms with van der Waals surface area (Å²) in [6.45, 7) is 0. The zero-order chi connectivity index (χ0) is 17.0. The highest BCUT2D eigenvalue weighted by Crippen LogP contribution is 2.29. The van der Waals surface area contributed by atoms with Crippen molar-refractivity contribution in [2.75, 3.05) is 19.4 Å². The fourth-order valence-electron chi connectivity index (χ4n) is 2.98. The Labute approximate surface area is 140 Å². The van der Waals surface area contributed by atoms with Gasteiger partial charge in [0.1, 0.15) is 0 Å². The molecule has 1 aromatic rings. The molecule has 7 heteroatoms. The van der Waals surface area contributed by atoms with Crippen LogP contribution in [0.4, 0.5) is 18.9 Å². The number of benzene rings is 1. The maximum Gasteiger partial charge on any atom is 0.416 e. The monoisotopic (exact) mass is 345 g/mol. The van der Waals surface area contributed by atoms with E-state index in [1.807, 2.05) is 0 Å². The Hall–Kier alpha value is -1.34. The van der Waals surface area contributed by atoms with Crippen molar-refractivity contribution in [2.24, 2.45) is 0 Å². The van der Waals surface area contributed by atoms with E-state index in [1.54, 1.807) is 0 Å². The maximum absolute atomic E-state index is 12.5. The molecule has 2 atom stereocenters. The fraction of sp³-hybridized carbons (Fsp3) is 0.562. The van der Waals surface area contributed by atoms with Crippen LogP contribution in [0.5, 0.6) is 0 Å². The number of alkyl halides is 3. The second-order valence-electron chi connectivity index (χ2n) is 6.10. The Kier molecular flexibility index (Phi) is 5.86. The molecule has 0 saturated heterocycles. The number of hydrogen-bond acceptors (Lipinski definition) is 2. The zero-order valence-electron chi connectivity index (χ0n) is 13.3. The third-order valence-corrected chi connectivity index (χ3v) is 4.40. The molecule has 2 rings (SSSR count). The Morgan fingerprint density at radius 1 is 1.13 bits per heavy atom. The van der Waals surface area contributed by atoms with Crippen molar-refractivity contribution >= 4 is 23.0 Å². The van der Waals surface area contributed by atoms with Gasteiger partial charge in [0.15, 0.2) is 5.11 Å². The van der Waals surface area contributed by atoms with Gasteiger partial charge < -0.3 is 15.5 Å². The lowest BCUT2D eigenvalue weighted by molar-refractivity contribution is -0.137. The van der Waals surface area contributed by atoms with Crippen LogP contribution < -0.4 is 10.6 Å². The third kappa shape index (κ3) is 5.07. The minimum Gasteiger partial charge on any atom is -0.358 e. The smallest absolute Gasteiger partial charge is 0.358 e. The number of rotatable bonds is 3. The Morgan fingerprint density at radius 3 is 2.30 bits per heavy atom. The van der Waals surface area contributed by atoms with Crippen molar-refractivity contribution in [1.82, 2.24) is 10.2 Å². The second-order valence-corrected chi connectivity index (χ2v) is 6.50. The second kappa shape index (κ2) is 7.49. The molecule has 0 amide bonds. The van der Waals surface area contributed by atoms with Crippen molar-refractivity contribution in [1.29, 1.82) is 0 Å². The Bertz CT molecular complexity index is 528.